The molecular formula is C26H25N3O6. The molecule has 9 heteroatoms. The van der Waals surface area contributed by atoms with Crippen molar-refractivity contribution in [3.8, 4) is 11.6 Å². The lowest BCUT2D eigenvalue weighted by atomic mass is 9.98. The normalized spacial score (nSPS) is 13.7. The number of piperidine rings is 1. The van der Waals surface area contributed by atoms with Gasteiger partial charge in [-0.05, 0) is 61.2 Å². The Bertz CT molecular complexity index is 1160. The van der Waals surface area contributed by atoms with Gasteiger partial charge in [0.2, 0.25) is 5.88 Å². The van der Waals surface area contributed by atoms with Crippen LogP contribution in [0.25, 0.3) is 0 Å². The van der Waals surface area contributed by atoms with Crippen LogP contribution in [0.3, 0.4) is 0 Å². The number of carboxylic acids is 1. The molecule has 0 spiro atoms. The number of benzene rings is 2. The summed E-state index contributed by atoms with van der Waals surface area (Å²) >= 11 is 0. The summed E-state index contributed by atoms with van der Waals surface area (Å²) < 4.78 is 11.1. The molecule has 0 unspecified atom stereocenters. The van der Waals surface area contributed by atoms with E-state index in [9.17, 15) is 14.4 Å². The number of aromatic carboxylic acids is 1. The van der Waals surface area contributed by atoms with Crippen LogP contribution < -0.4 is 14.8 Å². The Labute approximate surface area is 202 Å². The number of hydrogen-bond acceptors (Lipinski definition) is 6. The number of carboxylic acid groups (broad SMARTS) is 1. The lowest BCUT2D eigenvalue weighted by molar-refractivity contribution is 0.0696. The number of hydrogen-bond donors (Lipinski definition) is 2. The van der Waals surface area contributed by atoms with Crippen molar-refractivity contribution in [1.29, 1.82) is 0 Å². The van der Waals surface area contributed by atoms with Crippen LogP contribution >= 0.6 is 0 Å². The van der Waals surface area contributed by atoms with Gasteiger partial charge in [-0.15, -0.1) is 0 Å². The average molecular weight is 476 g/mol. The first-order valence-electron chi connectivity index (χ1n) is 11.2. The van der Waals surface area contributed by atoms with E-state index in [1.807, 2.05) is 6.07 Å². The molecule has 1 aromatic heterocycles. The molecule has 1 saturated heterocycles. The molecule has 180 valence electrons. The van der Waals surface area contributed by atoms with Crippen molar-refractivity contribution in [3.05, 3.63) is 84.1 Å². The molecule has 1 fully saturated rings. The Morgan fingerprint density at radius 3 is 2.29 bits per heavy atom. The highest BCUT2D eigenvalue weighted by Crippen LogP contribution is 2.21. The predicted octanol–water partition coefficient (Wildman–Crippen LogP) is 4.32. The van der Waals surface area contributed by atoms with E-state index in [2.05, 4.69) is 10.3 Å². The van der Waals surface area contributed by atoms with Crippen molar-refractivity contribution in [2.75, 3.05) is 25.0 Å². The average Bonchev–Trinajstić information content (AvgIpc) is 2.89. The van der Waals surface area contributed by atoms with Gasteiger partial charge in [-0.3, -0.25) is 4.79 Å². The summed E-state index contributed by atoms with van der Waals surface area (Å²) in [6.45, 7) is 1.57. The van der Waals surface area contributed by atoms with E-state index in [0.29, 0.717) is 36.7 Å². The molecule has 1 aliphatic rings. The van der Waals surface area contributed by atoms with Crippen molar-refractivity contribution in [2.24, 2.45) is 5.92 Å². The van der Waals surface area contributed by atoms with E-state index >= 15 is 0 Å². The number of likely N-dealkylation sites (tertiary alicyclic amines) is 1. The number of carbonyl (C=O) groups excluding carboxylic acids is 2. The molecule has 1 aliphatic heterocycles. The summed E-state index contributed by atoms with van der Waals surface area (Å²) in [5, 5.41) is 11.7. The standard InChI is InChI=1S/C26H25N3O6/c30-24(19-4-2-1-3-5-19)28-21-8-11-23(27-16-21)35-26(33)29-14-12-18(13-15-29)17-34-22-9-6-20(7-10-22)25(31)32/h1-11,16,18H,12-15,17H2,(H,28,30)(H,31,32). The van der Waals surface area contributed by atoms with Gasteiger partial charge in [0.05, 0.1) is 24.1 Å². The third-order valence-electron chi connectivity index (χ3n) is 5.68. The molecule has 0 radical (unpaired) electrons. The molecule has 4 rings (SSSR count). The van der Waals surface area contributed by atoms with Gasteiger partial charge in [-0.1, -0.05) is 18.2 Å². The first-order valence-corrected chi connectivity index (χ1v) is 11.2. The summed E-state index contributed by atoms with van der Waals surface area (Å²) in [6.07, 6.45) is 2.50. The fraction of sp³-hybridized carbons (Fsp3) is 0.231. The third kappa shape index (κ3) is 6.57. The van der Waals surface area contributed by atoms with Crippen molar-refractivity contribution < 1.29 is 29.0 Å². The molecule has 0 bridgehead atoms. The molecule has 0 saturated carbocycles. The van der Waals surface area contributed by atoms with E-state index in [4.69, 9.17) is 14.6 Å². The Kier molecular flexibility index (Phi) is 7.57. The Hall–Kier alpha value is -4.40. The third-order valence-corrected chi connectivity index (χ3v) is 5.68. The molecule has 2 N–H and O–H groups in total. The number of nitrogens with one attached hydrogen (secondary N) is 1. The quantitative estimate of drug-likeness (QED) is 0.522. The summed E-state index contributed by atoms with van der Waals surface area (Å²) in [7, 11) is 0. The number of aromatic nitrogens is 1. The van der Waals surface area contributed by atoms with Crippen LogP contribution in [0.5, 0.6) is 11.6 Å². The largest absolute Gasteiger partial charge is 0.493 e. The van der Waals surface area contributed by atoms with E-state index in [-0.39, 0.29) is 23.3 Å². The number of pyridine rings is 1. The second-order valence-corrected chi connectivity index (χ2v) is 8.14. The molecule has 3 aromatic rings. The maximum Gasteiger partial charge on any atom is 0.416 e. The molecule has 0 atom stereocenters. The van der Waals surface area contributed by atoms with Gasteiger partial charge in [0.15, 0.2) is 0 Å². The second kappa shape index (κ2) is 11.1. The van der Waals surface area contributed by atoms with Crippen LogP contribution in [0.15, 0.2) is 72.9 Å². The van der Waals surface area contributed by atoms with Crippen LogP contribution in [0, 0.1) is 5.92 Å². The van der Waals surface area contributed by atoms with Gasteiger partial charge in [0.1, 0.15) is 5.75 Å². The lowest BCUT2D eigenvalue weighted by Gasteiger charge is -2.30. The highest BCUT2D eigenvalue weighted by molar-refractivity contribution is 6.04. The Morgan fingerprint density at radius 2 is 1.66 bits per heavy atom. The molecule has 35 heavy (non-hydrogen) atoms. The number of anilines is 1. The number of rotatable bonds is 7. The molecule has 2 amide bonds. The predicted molar refractivity (Wildman–Crippen MR) is 128 cm³/mol. The van der Waals surface area contributed by atoms with Gasteiger partial charge in [-0.2, -0.15) is 0 Å². The maximum absolute atomic E-state index is 12.5. The Balaban J connectivity index is 1.20. The zero-order valence-electron chi connectivity index (χ0n) is 18.9. The number of nitrogens with zero attached hydrogens (tertiary/aromatic N) is 2. The van der Waals surface area contributed by atoms with Gasteiger partial charge in [0.25, 0.3) is 5.91 Å². The zero-order chi connectivity index (χ0) is 24.6. The minimum atomic E-state index is -0.975. The highest BCUT2D eigenvalue weighted by Gasteiger charge is 2.25. The molecule has 0 aliphatic carbocycles. The molecule has 2 heterocycles. The van der Waals surface area contributed by atoms with Gasteiger partial charge in [-0.25, -0.2) is 14.6 Å². The van der Waals surface area contributed by atoms with Crippen molar-refractivity contribution in [3.63, 3.8) is 0 Å². The first kappa shape index (κ1) is 23.7. The molecule has 9 nitrogen and oxygen atoms in total. The van der Waals surface area contributed by atoms with Crippen LogP contribution in [0.4, 0.5) is 10.5 Å². The van der Waals surface area contributed by atoms with E-state index in [1.165, 1.54) is 24.4 Å². The molecular weight excluding hydrogens is 450 g/mol. The van der Waals surface area contributed by atoms with Crippen LogP contribution in [0.1, 0.15) is 33.6 Å². The van der Waals surface area contributed by atoms with E-state index in [0.717, 1.165) is 12.8 Å². The van der Waals surface area contributed by atoms with Crippen molar-refractivity contribution >= 4 is 23.7 Å². The minimum Gasteiger partial charge on any atom is -0.493 e. The van der Waals surface area contributed by atoms with Crippen LogP contribution in [-0.4, -0.2) is 52.7 Å². The van der Waals surface area contributed by atoms with Crippen molar-refractivity contribution in [1.82, 2.24) is 9.88 Å². The SMILES string of the molecule is O=C(O)c1ccc(OCC2CCN(C(=O)Oc3ccc(NC(=O)c4ccccc4)cn3)CC2)cc1. The first-order chi connectivity index (χ1) is 17.0. The van der Waals surface area contributed by atoms with Crippen LogP contribution in [0.2, 0.25) is 0 Å². The van der Waals surface area contributed by atoms with E-state index < -0.39 is 12.1 Å². The second-order valence-electron chi connectivity index (χ2n) is 8.14. The van der Waals surface area contributed by atoms with Crippen molar-refractivity contribution in [2.45, 2.75) is 12.8 Å². The fourth-order valence-corrected chi connectivity index (χ4v) is 3.65. The smallest absolute Gasteiger partial charge is 0.416 e. The topological polar surface area (TPSA) is 118 Å². The summed E-state index contributed by atoms with van der Waals surface area (Å²) in [6, 6.07) is 18.3. The van der Waals surface area contributed by atoms with Gasteiger partial charge < -0.3 is 24.8 Å². The Morgan fingerprint density at radius 1 is 0.943 bits per heavy atom. The molecule has 2 aromatic carbocycles. The summed E-state index contributed by atoms with van der Waals surface area (Å²) in [5.74, 6) is -0.170. The maximum atomic E-state index is 12.5. The highest BCUT2D eigenvalue weighted by atomic mass is 16.6. The van der Waals surface area contributed by atoms with Gasteiger partial charge in [0, 0.05) is 24.7 Å². The van der Waals surface area contributed by atoms with Gasteiger partial charge >= 0.3 is 12.1 Å². The number of ether oxygens (including phenoxy) is 2. The fourth-order valence-electron chi connectivity index (χ4n) is 3.65. The van der Waals surface area contributed by atoms with E-state index in [1.54, 1.807) is 47.4 Å². The summed E-state index contributed by atoms with van der Waals surface area (Å²) in [4.78, 5) is 41.4. The summed E-state index contributed by atoms with van der Waals surface area (Å²) in [5.41, 5.74) is 1.25. The lowest BCUT2D eigenvalue weighted by Crippen LogP contribution is -2.41. The van der Waals surface area contributed by atoms with Crippen LogP contribution in [-0.2, 0) is 0 Å². The zero-order valence-corrected chi connectivity index (χ0v) is 18.9. The monoisotopic (exact) mass is 475 g/mol. The minimum absolute atomic E-state index is 0.156. The number of carbonyl (C=O) groups is 3. The number of amides is 2.